The fourth-order valence-corrected chi connectivity index (χ4v) is 7.78. The zero-order chi connectivity index (χ0) is 26.1. The molecule has 0 aromatic heterocycles. The number of fused-ring (bicyclic) bond motifs is 1. The van der Waals surface area contributed by atoms with Gasteiger partial charge in [-0.25, -0.2) is 13.2 Å². The Morgan fingerprint density at radius 1 is 1.14 bits per heavy atom. The molecule has 1 fully saturated rings. The van der Waals surface area contributed by atoms with Gasteiger partial charge in [0.15, 0.2) is 6.61 Å². The first-order valence-electron chi connectivity index (χ1n) is 11.8. The van der Waals surface area contributed by atoms with E-state index in [1.54, 1.807) is 18.2 Å². The molecule has 0 spiro atoms. The number of aliphatic carboxylic acids is 1. The van der Waals surface area contributed by atoms with Gasteiger partial charge in [-0.3, -0.25) is 0 Å². The van der Waals surface area contributed by atoms with Gasteiger partial charge < -0.3 is 9.84 Å². The third-order valence-corrected chi connectivity index (χ3v) is 9.87. The van der Waals surface area contributed by atoms with E-state index in [4.69, 9.17) is 9.84 Å². The Morgan fingerprint density at radius 3 is 2.53 bits per heavy atom. The summed E-state index contributed by atoms with van der Waals surface area (Å²) in [6, 6.07) is 7.53. The molecule has 1 atom stereocenters. The summed E-state index contributed by atoms with van der Waals surface area (Å²) in [6.45, 7) is -0.527. The Morgan fingerprint density at radius 2 is 1.86 bits per heavy atom. The molecular formula is C25H28F3NO5S2. The van der Waals surface area contributed by atoms with Crippen LogP contribution >= 0.6 is 11.8 Å². The van der Waals surface area contributed by atoms with E-state index in [0.29, 0.717) is 41.5 Å². The van der Waals surface area contributed by atoms with Crippen molar-refractivity contribution in [2.45, 2.75) is 72.2 Å². The lowest BCUT2D eigenvalue weighted by atomic mass is 9.87. The number of hydrogen-bond donors (Lipinski definition) is 1. The van der Waals surface area contributed by atoms with E-state index in [1.165, 1.54) is 24.9 Å². The highest BCUT2D eigenvalue weighted by Gasteiger charge is 2.37. The summed E-state index contributed by atoms with van der Waals surface area (Å²) in [4.78, 5) is 10.9. The van der Waals surface area contributed by atoms with E-state index in [-0.39, 0.29) is 10.1 Å². The number of carboxylic acid groups (broad SMARTS) is 1. The standard InChI is InChI=1S/C25H28F3NO5S2/c1-29(22-10-4-9-21-20(22)8-5-11-23(21)34-15-24(30)31)36(32,33)19-13-16(25(26,27)28)12-18(14-19)35-17-6-2-3-7-17/h5,8,11-14,17,22H,2-4,6-7,9-10,15H2,1H3,(H,30,31)/t22-/m1/s1. The second-order valence-corrected chi connectivity index (χ2v) is 12.5. The molecule has 2 aliphatic carbocycles. The lowest BCUT2D eigenvalue weighted by Crippen LogP contribution is -2.33. The zero-order valence-electron chi connectivity index (χ0n) is 19.8. The largest absolute Gasteiger partial charge is 0.482 e. The van der Waals surface area contributed by atoms with Gasteiger partial charge in [0.2, 0.25) is 10.0 Å². The van der Waals surface area contributed by atoms with Crippen LogP contribution in [0, 0.1) is 0 Å². The maximum absolute atomic E-state index is 13.7. The third-order valence-electron chi connectivity index (χ3n) is 6.71. The molecule has 6 nitrogen and oxygen atoms in total. The number of thioether (sulfide) groups is 1. The highest BCUT2D eigenvalue weighted by Crippen LogP contribution is 2.42. The SMILES string of the molecule is CN([C@@H]1CCCc2c(OCC(=O)O)cccc21)S(=O)(=O)c1cc(SC2CCCC2)cc(C(F)(F)F)c1. The van der Waals surface area contributed by atoms with Crippen LogP contribution in [0.4, 0.5) is 13.2 Å². The molecule has 0 bridgehead atoms. The van der Waals surface area contributed by atoms with Crippen molar-refractivity contribution in [3.63, 3.8) is 0 Å². The van der Waals surface area contributed by atoms with Crippen LogP contribution in [0.1, 0.15) is 61.3 Å². The number of benzene rings is 2. The molecule has 1 saturated carbocycles. The summed E-state index contributed by atoms with van der Waals surface area (Å²) >= 11 is 1.31. The van der Waals surface area contributed by atoms with Gasteiger partial charge in [-0.1, -0.05) is 25.0 Å². The van der Waals surface area contributed by atoms with Gasteiger partial charge in [0.25, 0.3) is 0 Å². The molecule has 0 saturated heterocycles. The fourth-order valence-electron chi connectivity index (χ4n) is 4.93. The van der Waals surface area contributed by atoms with E-state index in [1.807, 2.05) is 0 Å². The average Bonchev–Trinajstić information content (AvgIpc) is 3.34. The minimum absolute atomic E-state index is 0.177. The predicted octanol–water partition coefficient (Wildman–Crippen LogP) is 5.90. The Balaban J connectivity index is 1.69. The van der Waals surface area contributed by atoms with Gasteiger partial charge in [0.1, 0.15) is 5.75 Å². The van der Waals surface area contributed by atoms with Crippen molar-refractivity contribution in [3.8, 4) is 5.75 Å². The number of hydrogen-bond acceptors (Lipinski definition) is 5. The monoisotopic (exact) mass is 543 g/mol. The van der Waals surface area contributed by atoms with Gasteiger partial charge in [0.05, 0.1) is 16.5 Å². The van der Waals surface area contributed by atoms with E-state index in [0.717, 1.165) is 41.6 Å². The quantitative estimate of drug-likeness (QED) is 0.446. The number of sulfonamides is 1. The van der Waals surface area contributed by atoms with Crippen molar-refractivity contribution in [2.75, 3.05) is 13.7 Å². The molecule has 196 valence electrons. The summed E-state index contributed by atoms with van der Waals surface area (Å²) in [5.74, 6) is -0.754. The third kappa shape index (κ3) is 5.84. The van der Waals surface area contributed by atoms with Crippen LogP contribution in [-0.2, 0) is 27.4 Å². The van der Waals surface area contributed by atoms with Crippen LogP contribution in [0.3, 0.4) is 0 Å². The summed E-state index contributed by atoms with van der Waals surface area (Å²) in [5.41, 5.74) is 0.409. The maximum atomic E-state index is 13.7. The van der Waals surface area contributed by atoms with Crippen molar-refractivity contribution >= 4 is 27.8 Å². The van der Waals surface area contributed by atoms with Gasteiger partial charge in [0, 0.05) is 17.2 Å². The lowest BCUT2D eigenvalue weighted by molar-refractivity contribution is -0.139. The average molecular weight is 544 g/mol. The minimum Gasteiger partial charge on any atom is -0.482 e. The van der Waals surface area contributed by atoms with Crippen LogP contribution in [0.2, 0.25) is 0 Å². The molecule has 11 heteroatoms. The Bertz CT molecular complexity index is 1230. The Hall–Kier alpha value is -2.24. The van der Waals surface area contributed by atoms with Crippen LogP contribution < -0.4 is 4.74 Å². The Kier molecular flexibility index (Phi) is 7.92. The first-order valence-corrected chi connectivity index (χ1v) is 14.1. The van der Waals surface area contributed by atoms with Crippen molar-refractivity contribution in [1.82, 2.24) is 4.31 Å². The first kappa shape index (κ1) is 26.8. The molecule has 4 rings (SSSR count). The van der Waals surface area contributed by atoms with Crippen molar-refractivity contribution < 1.29 is 36.2 Å². The van der Waals surface area contributed by atoms with Gasteiger partial charge >= 0.3 is 12.1 Å². The molecule has 0 unspecified atom stereocenters. The van der Waals surface area contributed by atoms with Gasteiger partial charge in [-0.05, 0) is 67.5 Å². The number of rotatable bonds is 8. The van der Waals surface area contributed by atoms with E-state index < -0.39 is 40.4 Å². The van der Waals surface area contributed by atoms with Crippen molar-refractivity contribution in [2.24, 2.45) is 0 Å². The lowest BCUT2D eigenvalue weighted by Gasteiger charge is -2.33. The van der Waals surface area contributed by atoms with Crippen molar-refractivity contribution in [3.05, 3.63) is 53.1 Å². The number of alkyl halides is 3. The van der Waals surface area contributed by atoms with Crippen molar-refractivity contribution in [1.29, 1.82) is 0 Å². The predicted molar refractivity (Wildman–Crippen MR) is 130 cm³/mol. The van der Waals surface area contributed by atoms with Crippen LogP contribution in [0.15, 0.2) is 46.2 Å². The molecule has 0 heterocycles. The van der Waals surface area contributed by atoms with Crippen LogP contribution in [-0.4, -0.2) is 42.7 Å². The first-order chi connectivity index (χ1) is 17.0. The number of carbonyl (C=O) groups is 1. The molecule has 36 heavy (non-hydrogen) atoms. The fraction of sp³-hybridized carbons (Fsp3) is 0.480. The summed E-state index contributed by atoms with van der Waals surface area (Å²) in [6.07, 6.45) is 0.837. The normalized spacial score (nSPS) is 18.9. The summed E-state index contributed by atoms with van der Waals surface area (Å²) in [5, 5.41) is 9.13. The second kappa shape index (κ2) is 10.6. The van der Waals surface area contributed by atoms with E-state index >= 15 is 0 Å². The van der Waals surface area contributed by atoms with Gasteiger partial charge in [-0.15, -0.1) is 11.8 Å². The molecule has 2 aromatic carbocycles. The highest BCUT2D eigenvalue weighted by atomic mass is 32.2. The molecule has 0 amide bonds. The minimum atomic E-state index is -4.68. The topological polar surface area (TPSA) is 83.9 Å². The van der Waals surface area contributed by atoms with E-state index in [9.17, 15) is 26.4 Å². The summed E-state index contributed by atoms with van der Waals surface area (Å²) < 4.78 is 74.9. The second-order valence-electron chi connectivity index (χ2n) is 9.15. The summed E-state index contributed by atoms with van der Waals surface area (Å²) in [7, 11) is -2.89. The number of nitrogens with zero attached hydrogens (tertiary/aromatic N) is 1. The Labute approximate surface area is 212 Å². The molecule has 0 radical (unpaired) electrons. The molecule has 0 aliphatic heterocycles. The number of halogens is 3. The van der Waals surface area contributed by atoms with Gasteiger partial charge in [-0.2, -0.15) is 17.5 Å². The zero-order valence-corrected chi connectivity index (χ0v) is 21.4. The smallest absolute Gasteiger partial charge is 0.416 e. The molecule has 2 aromatic rings. The number of ether oxygens (including phenoxy) is 1. The molecular weight excluding hydrogens is 515 g/mol. The van der Waals surface area contributed by atoms with Crippen LogP contribution in [0.25, 0.3) is 0 Å². The highest BCUT2D eigenvalue weighted by molar-refractivity contribution is 8.00. The molecule has 2 aliphatic rings. The van der Waals surface area contributed by atoms with E-state index in [2.05, 4.69) is 0 Å². The maximum Gasteiger partial charge on any atom is 0.416 e. The molecule has 1 N–H and O–H groups in total. The number of carboxylic acids is 1. The van der Waals surface area contributed by atoms with Crippen LogP contribution in [0.5, 0.6) is 5.75 Å².